The lowest BCUT2D eigenvalue weighted by atomic mass is 10.1. The summed E-state index contributed by atoms with van der Waals surface area (Å²) in [6.07, 6.45) is 7.59. The first kappa shape index (κ1) is 14.5. The van der Waals surface area contributed by atoms with Gasteiger partial charge in [0.05, 0.1) is 0 Å². The van der Waals surface area contributed by atoms with Gasteiger partial charge in [0, 0.05) is 30.2 Å². The summed E-state index contributed by atoms with van der Waals surface area (Å²) in [6.45, 7) is 2.01. The Balaban J connectivity index is 1.68. The second-order valence-corrected chi connectivity index (χ2v) is 5.86. The van der Waals surface area contributed by atoms with E-state index >= 15 is 0 Å². The summed E-state index contributed by atoms with van der Waals surface area (Å²) in [4.78, 5) is 20.6. The lowest BCUT2D eigenvalue weighted by molar-refractivity contribution is 0.0940. The molecule has 112 valence electrons. The van der Waals surface area contributed by atoms with E-state index in [0.717, 1.165) is 6.42 Å². The number of pyridine rings is 1. The molecule has 0 saturated heterocycles. The maximum atomic E-state index is 12.3. The molecule has 1 N–H and O–H groups in total. The molecule has 0 aliphatic heterocycles. The first-order valence-corrected chi connectivity index (χ1v) is 7.93. The highest BCUT2D eigenvalue weighted by Crippen LogP contribution is 2.10. The van der Waals surface area contributed by atoms with Gasteiger partial charge in [0.25, 0.3) is 5.91 Å². The number of aromatic nitrogens is 3. The third kappa shape index (κ3) is 3.40. The molecule has 0 aromatic carbocycles. The Kier molecular flexibility index (Phi) is 4.29. The van der Waals surface area contributed by atoms with Crippen molar-refractivity contribution >= 4 is 17.2 Å². The van der Waals surface area contributed by atoms with E-state index in [4.69, 9.17) is 0 Å². The predicted octanol–water partition coefficient (Wildman–Crippen LogP) is 2.69. The van der Waals surface area contributed by atoms with Crippen molar-refractivity contribution in [2.75, 3.05) is 0 Å². The van der Waals surface area contributed by atoms with Gasteiger partial charge in [-0.15, -0.1) is 0 Å². The predicted molar refractivity (Wildman–Crippen MR) is 86.3 cm³/mol. The zero-order valence-electron chi connectivity index (χ0n) is 12.1. The molecule has 0 unspecified atom stereocenters. The molecule has 0 spiro atoms. The van der Waals surface area contributed by atoms with Crippen LogP contribution in [0.25, 0.3) is 5.82 Å². The van der Waals surface area contributed by atoms with Gasteiger partial charge < -0.3 is 5.32 Å². The topological polar surface area (TPSA) is 59.8 Å². The molecule has 1 atom stereocenters. The van der Waals surface area contributed by atoms with E-state index in [1.165, 1.54) is 5.56 Å². The zero-order valence-corrected chi connectivity index (χ0v) is 13.0. The van der Waals surface area contributed by atoms with E-state index in [9.17, 15) is 4.79 Å². The van der Waals surface area contributed by atoms with Crippen molar-refractivity contribution in [3.63, 3.8) is 0 Å². The quantitative estimate of drug-likeness (QED) is 0.788. The van der Waals surface area contributed by atoms with Crippen LogP contribution in [0.3, 0.4) is 0 Å². The van der Waals surface area contributed by atoms with Crippen LogP contribution in [-0.2, 0) is 6.42 Å². The third-order valence-electron chi connectivity index (χ3n) is 3.28. The minimum atomic E-state index is -0.0912. The average Bonchev–Trinajstić information content (AvgIpc) is 3.20. The summed E-state index contributed by atoms with van der Waals surface area (Å²) >= 11 is 1.67. The monoisotopic (exact) mass is 312 g/mol. The molecule has 5 nitrogen and oxygen atoms in total. The highest BCUT2D eigenvalue weighted by molar-refractivity contribution is 7.07. The van der Waals surface area contributed by atoms with Crippen LogP contribution in [0.4, 0.5) is 0 Å². The fourth-order valence-corrected chi connectivity index (χ4v) is 2.90. The molecule has 3 heterocycles. The molecule has 3 aromatic heterocycles. The molecule has 0 bridgehead atoms. The molecule has 1 amide bonds. The molecule has 0 aliphatic rings. The van der Waals surface area contributed by atoms with Crippen molar-refractivity contribution in [3.8, 4) is 5.82 Å². The van der Waals surface area contributed by atoms with Crippen LogP contribution in [0.15, 0.2) is 53.9 Å². The highest BCUT2D eigenvalue weighted by Gasteiger charge is 2.12. The Morgan fingerprint density at radius 1 is 1.41 bits per heavy atom. The summed E-state index contributed by atoms with van der Waals surface area (Å²) in [5.74, 6) is 0.585. The van der Waals surface area contributed by atoms with Gasteiger partial charge in [0.2, 0.25) is 0 Å². The van der Waals surface area contributed by atoms with Crippen LogP contribution in [0.1, 0.15) is 22.8 Å². The van der Waals surface area contributed by atoms with Crippen molar-refractivity contribution in [2.45, 2.75) is 19.4 Å². The molecule has 3 aromatic rings. The highest BCUT2D eigenvalue weighted by atomic mass is 32.1. The van der Waals surface area contributed by atoms with Gasteiger partial charge in [-0.2, -0.15) is 11.3 Å². The van der Waals surface area contributed by atoms with Crippen molar-refractivity contribution in [1.82, 2.24) is 19.9 Å². The summed E-state index contributed by atoms with van der Waals surface area (Å²) in [6, 6.07) is 5.63. The lowest BCUT2D eigenvalue weighted by Crippen LogP contribution is -2.34. The Morgan fingerprint density at radius 2 is 2.32 bits per heavy atom. The molecule has 0 fully saturated rings. The normalized spacial score (nSPS) is 12.0. The number of hydrogen-bond donors (Lipinski definition) is 1. The molecule has 3 rings (SSSR count). The van der Waals surface area contributed by atoms with Crippen LogP contribution in [0.5, 0.6) is 0 Å². The van der Waals surface area contributed by atoms with Crippen LogP contribution in [0, 0.1) is 0 Å². The van der Waals surface area contributed by atoms with Gasteiger partial charge >= 0.3 is 0 Å². The van der Waals surface area contributed by atoms with Gasteiger partial charge in [-0.25, -0.2) is 9.97 Å². The smallest absolute Gasteiger partial charge is 0.251 e. The number of nitrogens with zero attached hydrogens (tertiary/aromatic N) is 3. The molecular formula is C16H16N4OS. The maximum Gasteiger partial charge on any atom is 0.251 e. The standard InChI is InChI=1S/C16H16N4OS/c1-12(8-13-3-7-22-10-13)19-16(21)14-2-4-18-15(9-14)20-6-5-17-11-20/h2-7,9-12H,8H2,1H3,(H,19,21)/t12-/m0/s1. The second-order valence-electron chi connectivity index (χ2n) is 5.08. The zero-order chi connectivity index (χ0) is 15.4. The molecule has 0 aliphatic carbocycles. The van der Waals surface area contributed by atoms with Crippen LogP contribution < -0.4 is 5.32 Å². The molecule has 6 heteroatoms. The van der Waals surface area contributed by atoms with E-state index in [1.54, 1.807) is 53.0 Å². The maximum absolute atomic E-state index is 12.3. The summed E-state index contributed by atoms with van der Waals surface area (Å²) in [5, 5.41) is 7.17. The van der Waals surface area contributed by atoms with E-state index in [1.807, 2.05) is 12.3 Å². The van der Waals surface area contributed by atoms with Crippen LogP contribution in [0.2, 0.25) is 0 Å². The van der Waals surface area contributed by atoms with E-state index in [0.29, 0.717) is 11.4 Å². The van der Waals surface area contributed by atoms with E-state index in [2.05, 4.69) is 26.7 Å². The minimum absolute atomic E-state index is 0.0759. The number of amides is 1. The van der Waals surface area contributed by atoms with Crippen molar-refractivity contribution < 1.29 is 4.79 Å². The van der Waals surface area contributed by atoms with Crippen molar-refractivity contribution in [2.24, 2.45) is 0 Å². The number of hydrogen-bond acceptors (Lipinski definition) is 4. The number of carbonyl (C=O) groups excluding carboxylic acids is 1. The average molecular weight is 312 g/mol. The van der Waals surface area contributed by atoms with E-state index in [-0.39, 0.29) is 11.9 Å². The minimum Gasteiger partial charge on any atom is -0.349 e. The van der Waals surface area contributed by atoms with Gasteiger partial charge in [-0.05, 0) is 47.9 Å². The number of carbonyl (C=O) groups is 1. The Bertz CT molecular complexity index is 737. The number of nitrogens with one attached hydrogen (secondary N) is 1. The van der Waals surface area contributed by atoms with Crippen LogP contribution >= 0.6 is 11.3 Å². The van der Waals surface area contributed by atoms with Crippen LogP contribution in [-0.4, -0.2) is 26.5 Å². The fourth-order valence-electron chi connectivity index (χ4n) is 2.22. The van der Waals surface area contributed by atoms with E-state index < -0.39 is 0 Å². The van der Waals surface area contributed by atoms with Gasteiger partial charge in [-0.1, -0.05) is 0 Å². The third-order valence-corrected chi connectivity index (χ3v) is 4.01. The molecule has 0 radical (unpaired) electrons. The summed E-state index contributed by atoms with van der Waals surface area (Å²) in [7, 11) is 0. The number of rotatable bonds is 5. The van der Waals surface area contributed by atoms with Crippen molar-refractivity contribution in [3.05, 3.63) is 65.0 Å². The summed E-state index contributed by atoms with van der Waals surface area (Å²) in [5.41, 5.74) is 1.84. The first-order valence-electron chi connectivity index (χ1n) is 6.98. The summed E-state index contributed by atoms with van der Waals surface area (Å²) < 4.78 is 1.77. The SMILES string of the molecule is C[C@@H](Cc1ccsc1)NC(=O)c1ccnc(-n2ccnc2)c1. The Morgan fingerprint density at radius 3 is 3.05 bits per heavy atom. The largest absolute Gasteiger partial charge is 0.349 e. The Labute approximate surface area is 132 Å². The molecule has 22 heavy (non-hydrogen) atoms. The number of thiophene rings is 1. The first-order chi connectivity index (χ1) is 10.7. The Hall–Kier alpha value is -2.47. The molecule has 0 saturated carbocycles. The van der Waals surface area contributed by atoms with Crippen molar-refractivity contribution in [1.29, 1.82) is 0 Å². The second kappa shape index (κ2) is 6.53. The van der Waals surface area contributed by atoms with Gasteiger partial charge in [0.1, 0.15) is 12.1 Å². The fraction of sp³-hybridized carbons (Fsp3) is 0.188. The lowest BCUT2D eigenvalue weighted by Gasteiger charge is -2.13. The molecular weight excluding hydrogens is 296 g/mol. The number of imidazole rings is 1. The van der Waals surface area contributed by atoms with Gasteiger partial charge in [-0.3, -0.25) is 9.36 Å². The van der Waals surface area contributed by atoms with Gasteiger partial charge in [0.15, 0.2) is 0 Å².